The summed E-state index contributed by atoms with van der Waals surface area (Å²) in [5, 5.41) is 19.5. The Morgan fingerprint density at radius 2 is 1.61 bits per heavy atom. The van der Waals surface area contributed by atoms with Gasteiger partial charge in [0.2, 0.25) is 0 Å². The molecule has 4 rings (SSSR count). The number of amides is 1. The molecular formula is C28H25N3O6S. The molecule has 0 aromatic heterocycles. The molecule has 4 aromatic carbocycles. The minimum Gasteiger partial charge on any atom is -0.505 e. The third-order valence-corrected chi connectivity index (χ3v) is 6.72. The number of carbonyl (C=O) groups is 2. The molecule has 0 radical (unpaired) electrons. The number of phenols is 1. The highest BCUT2D eigenvalue weighted by molar-refractivity contribution is 7.86. The summed E-state index contributed by atoms with van der Waals surface area (Å²) in [5.74, 6) is -0.731. The number of carbonyl (C=O) groups excluding carboxylic acids is 2. The zero-order valence-electron chi connectivity index (χ0n) is 20.7. The third-order valence-electron chi connectivity index (χ3n) is 5.86. The monoisotopic (exact) mass is 531 g/mol. The first kappa shape index (κ1) is 26.6. The van der Waals surface area contributed by atoms with Crippen LogP contribution in [-0.4, -0.2) is 36.3 Å². The van der Waals surface area contributed by atoms with Crippen LogP contribution in [0.4, 0.5) is 17.1 Å². The van der Waals surface area contributed by atoms with Crippen molar-refractivity contribution in [1.29, 1.82) is 0 Å². The van der Waals surface area contributed by atoms with Crippen LogP contribution in [0.1, 0.15) is 29.8 Å². The maximum Gasteiger partial charge on any atom is 0.296 e. The number of rotatable bonds is 8. The van der Waals surface area contributed by atoms with E-state index >= 15 is 0 Å². The Morgan fingerprint density at radius 3 is 2.21 bits per heavy atom. The van der Waals surface area contributed by atoms with Crippen molar-refractivity contribution in [1.82, 2.24) is 0 Å². The summed E-state index contributed by atoms with van der Waals surface area (Å²) >= 11 is 0. The van der Waals surface area contributed by atoms with Gasteiger partial charge in [-0.05, 0) is 73.3 Å². The molecule has 0 atom stereocenters. The van der Waals surface area contributed by atoms with Crippen molar-refractivity contribution in [2.24, 2.45) is 10.2 Å². The summed E-state index contributed by atoms with van der Waals surface area (Å²) in [6.45, 7) is 3.73. The van der Waals surface area contributed by atoms with Crippen molar-refractivity contribution in [3.05, 3.63) is 90.0 Å². The fraction of sp³-hybridized carbons (Fsp3) is 0.143. The van der Waals surface area contributed by atoms with E-state index in [4.69, 9.17) is 0 Å². The summed E-state index contributed by atoms with van der Waals surface area (Å²) in [6.07, 6.45) is 0.139. The molecule has 0 heterocycles. The predicted molar refractivity (Wildman–Crippen MR) is 144 cm³/mol. The Balaban J connectivity index is 1.69. The summed E-state index contributed by atoms with van der Waals surface area (Å²) in [5.41, 5.74) is 1.70. The quantitative estimate of drug-likeness (QED) is 0.211. The van der Waals surface area contributed by atoms with Crippen LogP contribution < -0.4 is 4.90 Å². The number of phenolic OH excluding ortho intramolecular Hbond substituents is 1. The van der Waals surface area contributed by atoms with Crippen LogP contribution in [0.5, 0.6) is 5.75 Å². The van der Waals surface area contributed by atoms with Gasteiger partial charge < -0.3 is 10.0 Å². The van der Waals surface area contributed by atoms with Gasteiger partial charge in [-0.25, -0.2) is 0 Å². The number of benzene rings is 4. The van der Waals surface area contributed by atoms with Crippen molar-refractivity contribution >= 4 is 49.6 Å². The average Bonchev–Trinajstić information content (AvgIpc) is 2.89. The Morgan fingerprint density at radius 1 is 0.921 bits per heavy atom. The Bertz CT molecular complexity index is 1650. The molecule has 0 bridgehead atoms. The highest BCUT2D eigenvalue weighted by Gasteiger charge is 2.22. The smallest absolute Gasteiger partial charge is 0.296 e. The zero-order valence-corrected chi connectivity index (χ0v) is 21.5. The number of fused-ring (bicyclic) bond motifs is 1. The van der Waals surface area contributed by atoms with Gasteiger partial charge in [-0.3, -0.25) is 14.1 Å². The third kappa shape index (κ3) is 5.77. The summed E-state index contributed by atoms with van der Waals surface area (Å²) in [4.78, 5) is 25.4. The molecule has 0 spiro atoms. The molecule has 0 saturated carbocycles. The van der Waals surface area contributed by atoms with E-state index in [9.17, 15) is 27.7 Å². The average molecular weight is 532 g/mol. The number of aromatic hydroxyl groups is 1. The molecule has 0 unspecified atom stereocenters. The van der Waals surface area contributed by atoms with Crippen LogP contribution in [0.25, 0.3) is 10.8 Å². The second kappa shape index (κ2) is 10.9. The number of azo groups is 1. The fourth-order valence-electron chi connectivity index (χ4n) is 4.07. The number of hydrogen-bond donors (Lipinski definition) is 2. The lowest BCUT2D eigenvalue weighted by Gasteiger charge is -2.21. The predicted octanol–water partition coefficient (Wildman–Crippen LogP) is 6.01. The van der Waals surface area contributed by atoms with Gasteiger partial charge in [-0.15, -0.1) is 5.11 Å². The van der Waals surface area contributed by atoms with E-state index in [0.717, 1.165) is 0 Å². The van der Waals surface area contributed by atoms with Gasteiger partial charge >= 0.3 is 0 Å². The van der Waals surface area contributed by atoms with E-state index in [-0.39, 0.29) is 23.5 Å². The minimum atomic E-state index is -4.75. The van der Waals surface area contributed by atoms with Gasteiger partial charge in [0.1, 0.15) is 16.4 Å². The topological polar surface area (TPSA) is 137 Å². The molecule has 0 saturated heterocycles. The van der Waals surface area contributed by atoms with Gasteiger partial charge in [0.15, 0.2) is 5.75 Å². The molecule has 4 aromatic rings. The maximum atomic E-state index is 12.9. The molecule has 2 N–H and O–H groups in total. The van der Waals surface area contributed by atoms with E-state index in [1.807, 2.05) is 13.0 Å². The van der Waals surface area contributed by atoms with Gasteiger partial charge in [0.25, 0.3) is 16.0 Å². The summed E-state index contributed by atoms with van der Waals surface area (Å²) in [6, 6.07) is 21.4. The lowest BCUT2D eigenvalue weighted by molar-refractivity contribution is -0.116. The number of ketones is 1. The molecule has 0 aliphatic carbocycles. The first-order valence-corrected chi connectivity index (χ1v) is 13.2. The van der Waals surface area contributed by atoms with Crippen LogP contribution >= 0.6 is 0 Å². The second-order valence-electron chi connectivity index (χ2n) is 8.61. The molecular weight excluding hydrogens is 506 g/mol. The van der Waals surface area contributed by atoms with E-state index < -0.39 is 26.5 Å². The largest absolute Gasteiger partial charge is 0.505 e. The van der Waals surface area contributed by atoms with Crippen LogP contribution in [-0.2, 0) is 21.3 Å². The van der Waals surface area contributed by atoms with Gasteiger partial charge in [0.05, 0.1) is 5.69 Å². The Hall–Kier alpha value is -4.41. The number of anilines is 1. The van der Waals surface area contributed by atoms with E-state index in [1.54, 1.807) is 71.6 Å². The molecule has 38 heavy (non-hydrogen) atoms. The minimum absolute atomic E-state index is 0.0751. The van der Waals surface area contributed by atoms with Crippen LogP contribution in [0, 0.1) is 0 Å². The maximum absolute atomic E-state index is 12.9. The molecule has 10 heteroatoms. The van der Waals surface area contributed by atoms with Gasteiger partial charge in [0, 0.05) is 29.6 Å². The Kier molecular flexibility index (Phi) is 7.65. The van der Waals surface area contributed by atoms with Gasteiger partial charge in [-0.1, -0.05) is 30.3 Å². The van der Waals surface area contributed by atoms with Crippen molar-refractivity contribution < 1.29 is 27.7 Å². The lowest BCUT2D eigenvalue weighted by atomic mass is 10.0. The highest BCUT2D eigenvalue weighted by atomic mass is 32.2. The standard InChI is InChI=1S/C28H25N3O6S/c1-3-31(28(34)20-7-5-4-6-8-20)23-13-11-22(12-14-23)29-30-26-25(38(35,36)37)17-21-10-9-19(15-18(2)32)16-24(21)27(26)33/h4-14,16-17,33H,3,15H2,1-2H3,(H,35,36,37). The fourth-order valence-corrected chi connectivity index (χ4v) is 4.72. The molecule has 0 fully saturated rings. The van der Waals surface area contributed by atoms with Gasteiger partial charge in [-0.2, -0.15) is 13.5 Å². The van der Waals surface area contributed by atoms with Crippen LogP contribution in [0.3, 0.4) is 0 Å². The molecule has 194 valence electrons. The Labute approximate surface area is 219 Å². The van der Waals surface area contributed by atoms with Crippen molar-refractivity contribution in [2.45, 2.75) is 25.2 Å². The lowest BCUT2D eigenvalue weighted by Crippen LogP contribution is -2.30. The van der Waals surface area contributed by atoms with Crippen LogP contribution in [0.15, 0.2) is 94.0 Å². The molecule has 9 nitrogen and oxygen atoms in total. The number of hydrogen-bond acceptors (Lipinski definition) is 7. The molecule has 0 aliphatic rings. The number of Topliss-reactive ketones (excluding diaryl/α,β-unsaturated/α-hetero) is 1. The zero-order chi connectivity index (χ0) is 27.4. The first-order valence-electron chi connectivity index (χ1n) is 11.7. The van der Waals surface area contributed by atoms with E-state index in [1.165, 1.54) is 13.0 Å². The summed E-state index contributed by atoms with van der Waals surface area (Å²) < 4.78 is 33.9. The van der Waals surface area contributed by atoms with Crippen molar-refractivity contribution in [2.75, 3.05) is 11.4 Å². The normalized spacial score (nSPS) is 11.7. The second-order valence-corrected chi connectivity index (χ2v) is 10.0. The van der Waals surface area contributed by atoms with Crippen LogP contribution in [0.2, 0.25) is 0 Å². The first-order chi connectivity index (χ1) is 18.1. The van der Waals surface area contributed by atoms with E-state index in [2.05, 4.69) is 10.2 Å². The summed E-state index contributed by atoms with van der Waals surface area (Å²) in [7, 11) is -4.75. The van der Waals surface area contributed by atoms with E-state index in [0.29, 0.717) is 34.4 Å². The SMILES string of the molecule is CCN(C(=O)c1ccccc1)c1ccc(N=Nc2c(S(=O)(=O)O)cc3ccc(CC(C)=O)cc3c2O)cc1. The highest BCUT2D eigenvalue weighted by Crippen LogP contribution is 2.41. The van der Waals surface area contributed by atoms with Crippen molar-refractivity contribution in [3.63, 3.8) is 0 Å². The number of nitrogens with zero attached hydrogens (tertiary/aromatic N) is 3. The van der Waals surface area contributed by atoms with Crippen molar-refractivity contribution in [3.8, 4) is 5.75 Å². The molecule has 0 aliphatic heterocycles. The molecule has 1 amide bonds.